The number of hydrogen-bond donors (Lipinski definition) is 0. The summed E-state index contributed by atoms with van der Waals surface area (Å²) in [4.78, 5) is 10.7. The van der Waals surface area contributed by atoms with E-state index in [-0.39, 0.29) is 35.7 Å². The fourth-order valence-electron chi connectivity index (χ4n) is 2.49. The number of rotatable bonds is 12. The summed E-state index contributed by atoms with van der Waals surface area (Å²) in [6, 6.07) is 13.8. The zero-order valence-corrected chi connectivity index (χ0v) is 17.5. The quantitative estimate of drug-likeness (QED) is 0.161. The lowest BCUT2D eigenvalue weighted by atomic mass is 10.2. The molecule has 0 aliphatic heterocycles. The number of likely N-dealkylation sites (N-methyl/N-ethyl adjacent to an activating group) is 1. The maximum Gasteiger partial charge on any atom is 0.311 e. The number of nitrogens with zero attached hydrogens (tertiary/aromatic N) is 2. The SMILES string of the molecule is C[N+](C)(CCOc1cc(OCc2ccccc2)ccc1[N+](=O)[O-])CCOS(=O)(=O)[O-]. The van der Waals surface area contributed by atoms with Gasteiger partial charge in [-0.3, -0.25) is 14.3 Å². The standard InChI is InChI=1S/C19H24N2O8S/c1-21(2,11-13-29-30(24,25)26)10-12-27-19-14-17(8-9-18(19)20(22)23)28-15-16-6-4-3-5-7-16/h3-9,14H,10-13,15H2,1-2H3. The van der Waals surface area contributed by atoms with E-state index in [1.165, 1.54) is 18.2 Å². The second kappa shape index (κ2) is 10.3. The number of ether oxygens (including phenoxy) is 2. The molecule has 0 radical (unpaired) electrons. The second-order valence-corrected chi connectivity index (χ2v) is 8.17. The van der Waals surface area contributed by atoms with E-state index in [9.17, 15) is 23.1 Å². The van der Waals surface area contributed by atoms with E-state index in [1.54, 1.807) is 14.1 Å². The lowest BCUT2D eigenvalue weighted by molar-refractivity contribution is -0.890. The molecule has 30 heavy (non-hydrogen) atoms. The highest BCUT2D eigenvalue weighted by atomic mass is 32.3. The van der Waals surface area contributed by atoms with Gasteiger partial charge in [0.2, 0.25) is 16.1 Å². The molecule has 0 aromatic heterocycles. The summed E-state index contributed by atoms with van der Waals surface area (Å²) in [7, 11) is -1.16. The van der Waals surface area contributed by atoms with Gasteiger partial charge in [-0.25, -0.2) is 8.42 Å². The number of hydrogen-bond acceptors (Lipinski definition) is 8. The van der Waals surface area contributed by atoms with Gasteiger partial charge >= 0.3 is 5.69 Å². The van der Waals surface area contributed by atoms with Crippen LogP contribution in [0, 0.1) is 10.1 Å². The first kappa shape index (κ1) is 23.5. The molecule has 0 atom stereocenters. The molecule has 164 valence electrons. The van der Waals surface area contributed by atoms with Crippen molar-refractivity contribution in [2.45, 2.75) is 6.61 Å². The highest BCUT2D eigenvalue weighted by Gasteiger charge is 2.20. The summed E-state index contributed by atoms with van der Waals surface area (Å²) in [6.07, 6.45) is 0. The molecule has 2 aromatic carbocycles. The highest BCUT2D eigenvalue weighted by molar-refractivity contribution is 7.80. The van der Waals surface area contributed by atoms with Crippen LogP contribution in [-0.2, 0) is 21.2 Å². The number of benzene rings is 2. The molecular weight excluding hydrogens is 416 g/mol. The monoisotopic (exact) mass is 440 g/mol. The van der Waals surface area contributed by atoms with Crippen LogP contribution in [0.4, 0.5) is 5.69 Å². The van der Waals surface area contributed by atoms with E-state index >= 15 is 0 Å². The highest BCUT2D eigenvalue weighted by Crippen LogP contribution is 2.31. The second-order valence-electron chi connectivity index (χ2n) is 7.12. The van der Waals surface area contributed by atoms with Crippen LogP contribution < -0.4 is 9.47 Å². The molecule has 0 heterocycles. The van der Waals surface area contributed by atoms with Crippen molar-refractivity contribution < 1.29 is 36.0 Å². The molecule has 0 saturated heterocycles. The van der Waals surface area contributed by atoms with Crippen LogP contribution >= 0.6 is 0 Å². The molecular formula is C19H24N2O8S. The maximum absolute atomic E-state index is 11.3. The molecule has 10 nitrogen and oxygen atoms in total. The Labute approximate surface area is 175 Å². The minimum Gasteiger partial charge on any atom is -0.726 e. The van der Waals surface area contributed by atoms with Crippen LogP contribution in [-0.4, -0.2) is 62.8 Å². The van der Waals surface area contributed by atoms with Crippen molar-refractivity contribution in [3.63, 3.8) is 0 Å². The first-order valence-electron chi connectivity index (χ1n) is 9.06. The first-order chi connectivity index (χ1) is 14.1. The topological polar surface area (TPSA) is 128 Å². The number of nitro benzene ring substituents is 1. The third-order valence-electron chi connectivity index (χ3n) is 4.25. The average Bonchev–Trinajstić information content (AvgIpc) is 2.65. The fourth-order valence-corrected chi connectivity index (χ4v) is 2.77. The van der Waals surface area contributed by atoms with Crippen molar-refractivity contribution in [3.05, 3.63) is 64.2 Å². The van der Waals surface area contributed by atoms with Crippen molar-refractivity contribution in [2.75, 3.05) is 40.4 Å². The van der Waals surface area contributed by atoms with E-state index in [2.05, 4.69) is 4.18 Å². The molecule has 0 aliphatic rings. The van der Waals surface area contributed by atoms with Crippen molar-refractivity contribution in [1.82, 2.24) is 0 Å². The van der Waals surface area contributed by atoms with Crippen molar-refractivity contribution >= 4 is 16.1 Å². The first-order valence-corrected chi connectivity index (χ1v) is 10.4. The van der Waals surface area contributed by atoms with Gasteiger partial charge in [0, 0.05) is 12.1 Å². The van der Waals surface area contributed by atoms with Gasteiger partial charge in [-0.05, 0) is 11.6 Å². The Kier molecular flexibility index (Phi) is 8.12. The predicted molar refractivity (Wildman–Crippen MR) is 107 cm³/mol. The Hall–Kier alpha value is -2.73. The molecule has 2 aromatic rings. The zero-order chi connectivity index (χ0) is 22.2. The molecule has 0 N–H and O–H groups in total. The van der Waals surface area contributed by atoms with Crippen molar-refractivity contribution in [2.24, 2.45) is 0 Å². The van der Waals surface area contributed by atoms with Gasteiger partial charge < -0.3 is 18.5 Å². The molecule has 0 spiro atoms. The molecule has 0 aliphatic carbocycles. The summed E-state index contributed by atoms with van der Waals surface area (Å²) >= 11 is 0. The van der Waals surface area contributed by atoms with Gasteiger partial charge in [0.1, 0.15) is 38.7 Å². The lowest BCUT2D eigenvalue weighted by Gasteiger charge is -2.29. The average molecular weight is 440 g/mol. The Morgan fingerprint density at radius 2 is 1.67 bits per heavy atom. The molecule has 0 fully saturated rings. The van der Waals surface area contributed by atoms with Crippen LogP contribution in [0.25, 0.3) is 0 Å². The smallest absolute Gasteiger partial charge is 0.311 e. The van der Waals surface area contributed by atoms with E-state index in [0.29, 0.717) is 18.9 Å². The van der Waals surface area contributed by atoms with Gasteiger partial charge in [0.15, 0.2) is 0 Å². The Morgan fingerprint density at radius 1 is 1.00 bits per heavy atom. The zero-order valence-electron chi connectivity index (χ0n) is 16.7. The lowest BCUT2D eigenvalue weighted by Crippen LogP contribution is -2.45. The van der Waals surface area contributed by atoms with Gasteiger partial charge in [-0.2, -0.15) is 0 Å². The van der Waals surface area contributed by atoms with E-state index < -0.39 is 15.3 Å². The third kappa shape index (κ3) is 8.33. The van der Waals surface area contributed by atoms with Crippen LogP contribution in [0.2, 0.25) is 0 Å². The number of quaternary nitrogens is 1. The Bertz CT molecular complexity index is 948. The maximum atomic E-state index is 11.3. The minimum atomic E-state index is -4.74. The summed E-state index contributed by atoms with van der Waals surface area (Å²) in [5, 5.41) is 11.3. The summed E-state index contributed by atoms with van der Waals surface area (Å²) in [6.45, 7) is 0.814. The van der Waals surface area contributed by atoms with Gasteiger partial charge in [-0.1, -0.05) is 30.3 Å². The molecule has 2 rings (SSSR count). The van der Waals surface area contributed by atoms with Crippen LogP contribution in [0.1, 0.15) is 5.56 Å². The summed E-state index contributed by atoms with van der Waals surface area (Å²) in [5.74, 6) is 0.506. The normalized spacial score (nSPS) is 11.8. The van der Waals surface area contributed by atoms with Crippen molar-refractivity contribution in [1.29, 1.82) is 0 Å². The van der Waals surface area contributed by atoms with Crippen LogP contribution in [0.15, 0.2) is 48.5 Å². The largest absolute Gasteiger partial charge is 0.726 e. The Balaban J connectivity index is 1.96. The van der Waals surface area contributed by atoms with Crippen LogP contribution in [0.5, 0.6) is 11.5 Å². The van der Waals surface area contributed by atoms with Crippen molar-refractivity contribution in [3.8, 4) is 11.5 Å². The molecule has 0 unspecified atom stereocenters. The van der Waals surface area contributed by atoms with E-state index in [0.717, 1.165) is 5.56 Å². The van der Waals surface area contributed by atoms with Crippen LogP contribution in [0.3, 0.4) is 0 Å². The molecule has 0 amide bonds. The minimum absolute atomic E-state index is 0.0731. The third-order valence-corrected chi connectivity index (χ3v) is 4.71. The van der Waals surface area contributed by atoms with Gasteiger partial charge in [-0.15, -0.1) is 0 Å². The summed E-state index contributed by atoms with van der Waals surface area (Å²) < 4.78 is 47.3. The molecule has 0 bridgehead atoms. The summed E-state index contributed by atoms with van der Waals surface area (Å²) in [5.41, 5.74) is 0.771. The number of nitro groups is 1. The van der Waals surface area contributed by atoms with E-state index in [1.807, 2.05) is 30.3 Å². The predicted octanol–water partition coefficient (Wildman–Crippen LogP) is 2.11. The van der Waals surface area contributed by atoms with Gasteiger partial charge in [0.25, 0.3) is 0 Å². The van der Waals surface area contributed by atoms with E-state index in [4.69, 9.17) is 9.47 Å². The Morgan fingerprint density at radius 3 is 2.30 bits per heavy atom. The fraction of sp³-hybridized carbons (Fsp3) is 0.368. The molecule has 11 heteroatoms. The van der Waals surface area contributed by atoms with Gasteiger partial charge in [0.05, 0.1) is 19.0 Å². The molecule has 0 saturated carbocycles.